The molecule has 0 aromatic heterocycles. The van der Waals surface area contributed by atoms with Gasteiger partial charge in [0.15, 0.2) is 11.6 Å². The number of rotatable bonds is 1. The third-order valence-electron chi connectivity index (χ3n) is 1.28. The van der Waals surface area contributed by atoms with Crippen LogP contribution in [-0.4, -0.2) is 3.98 Å². The second-order valence-electron chi connectivity index (χ2n) is 2.27. The highest BCUT2D eigenvalue weighted by Gasteiger charge is 2.05. The summed E-state index contributed by atoms with van der Waals surface area (Å²) in [7, 11) is 0. The molecule has 0 fully saturated rings. The van der Waals surface area contributed by atoms with Crippen LogP contribution in [0, 0.1) is 12.7 Å². The Hall–Kier alpha value is -0.650. The standard InChI is InChI=1S/C8H6FIO2/c1-5-2-3-7(6(9)4-5)12-8(10)11/h2-4H,1H3. The van der Waals surface area contributed by atoms with E-state index in [0.717, 1.165) is 5.56 Å². The van der Waals surface area contributed by atoms with Crippen LogP contribution in [0.3, 0.4) is 0 Å². The average Bonchev–Trinajstić information content (AvgIpc) is 1.94. The maximum atomic E-state index is 12.9. The van der Waals surface area contributed by atoms with Crippen LogP contribution in [0.15, 0.2) is 18.2 Å². The van der Waals surface area contributed by atoms with Gasteiger partial charge in [-0.25, -0.2) is 9.18 Å². The van der Waals surface area contributed by atoms with Gasteiger partial charge < -0.3 is 4.74 Å². The Morgan fingerprint density at radius 1 is 1.58 bits per heavy atom. The summed E-state index contributed by atoms with van der Waals surface area (Å²) in [5.74, 6) is -0.542. The normalized spacial score (nSPS) is 9.58. The summed E-state index contributed by atoms with van der Waals surface area (Å²) in [6, 6.07) is 4.42. The lowest BCUT2D eigenvalue weighted by Crippen LogP contribution is -1.97. The van der Waals surface area contributed by atoms with Crippen molar-refractivity contribution in [1.29, 1.82) is 0 Å². The number of hydrogen-bond acceptors (Lipinski definition) is 2. The number of benzene rings is 1. The van der Waals surface area contributed by atoms with E-state index >= 15 is 0 Å². The Kier molecular flexibility index (Phi) is 3.02. The van der Waals surface area contributed by atoms with Crippen molar-refractivity contribution in [2.24, 2.45) is 0 Å². The molecule has 1 rings (SSSR count). The lowest BCUT2D eigenvalue weighted by atomic mass is 10.2. The molecule has 0 saturated carbocycles. The van der Waals surface area contributed by atoms with Gasteiger partial charge in [-0.05, 0) is 24.6 Å². The van der Waals surface area contributed by atoms with Gasteiger partial charge in [0.1, 0.15) is 0 Å². The minimum absolute atomic E-state index is 0.0278. The molecule has 0 heterocycles. The van der Waals surface area contributed by atoms with E-state index < -0.39 is 9.79 Å². The zero-order valence-corrected chi connectivity index (χ0v) is 8.46. The van der Waals surface area contributed by atoms with Crippen LogP contribution < -0.4 is 4.74 Å². The molecule has 12 heavy (non-hydrogen) atoms. The molecule has 0 aliphatic rings. The molecule has 0 radical (unpaired) electrons. The predicted molar refractivity (Wildman–Crippen MR) is 51.2 cm³/mol. The van der Waals surface area contributed by atoms with E-state index in [1.165, 1.54) is 34.7 Å². The molecule has 0 aliphatic heterocycles. The number of aryl methyl sites for hydroxylation is 1. The minimum atomic E-state index is -0.546. The van der Waals surface area contributed by atoms with Crippen molar-refractivity contribution in [1.82, 2.24) is 0 Å². The molecule has 0 unspecified atom stereocenters. The Morgan fingerprint density at radius 3 is 2.75 bits per heavy atom. The van der Waals surface area contributed by atoms with E-state index in [4.69, 9.17) is 0 Å². The van der Waals surface area contributed by atoms with Gasteiger partial charge in [-0.3, -0.25) is 0 Å². The largest absolute Gasteiger partial charge is 0.416 e. The molecule has 64 valence electrons. The number of hydrogen-bond donors (Lipinski definition) is 0. The van der Waals surface area contributed by atoms with Gasteiger partial charge in [0.25, 0.3) is 0 Å². The third kappa shape index (κ3) is 2.44. The van der Waals surface area contributed by atoms with Crippen molar-refractivity contribution >= 4 is 26.6 Å². The molecule has 0 spiro atoms. The summed E-state index contributed by atoms with van der Waals surface area (Å²) in [6.07, 6.45) is 0. The smallest absolute Gasteiger partial charge is 0.372 e. The molecule has 0 amide bonds. The Bertz CT molecular complexity index is 312. The van der Waals surface area contributed by atoms with Gasteiger partial charge in [-0.1, -0.05) is 6.07 Å². The van der Waals surface area contributed by atoms with Crippen molar-refractivity contribution in [3.63, 3.8) is 0 Å². The lowest BCUT2D eigenvalue weighted by Gasteiger charge is -2.01. The van der Waals surface area contributed by atoms with E-state index in [2.05, 4.69) is 4.74 Å². The number of ether oxygens (including phenoxy) is 1. The summed E-state index contributed by atoms with van der Waals surface area (Å²) >= 11 is 1.44. The van der Waals surface area contributed by atoms with Crippen molar-refractivity contribution < 1.29 is 13.9 Å². The fraction of sp³-hybridized carbons (Fsp3) is 0.125. The monoisotopic (exact) mass is 280 g/mol. The molecule has 0 bridgehead atoms. The van der Waals surface area contributed by atoms with Crippen LogP contribution in [0.5, 0.6) is 5.75 Å². The summed E-state index contributed by atoms with van der Waals surface area (Å²) in [5.41, 5.74) is 0.792. The zero-order chi connectivity index (χ0) is 9.14. The maximum Gasteiger partial charge on any atom is 0.372 e. The van der Waals surface area contributed by atoms with Gasteiger partial charge in [0, 0.05) is 0 Å². The second kappa shape index (κ2) is 3.84. The zero-order valence-electron chi connectivity index (χ0n) is 6.30. The van der Waals surface area contributed by atoms with Crippen molar-refractivity contribution in [3.8, 4) is 5.75 Å². The van der Waals surface area contributed by atoms with E-state index in [1.807, 2.05) is 0 Å². The highest BCUT2D eigenvalue weighted by Crippen LogP contribution is 2.18. The SMILES string of the molecule is Cc1ccc(OC(=O)I)c(F)c1. The van der Waals surface area contributed by atoms with E-state index in [9.17, 15) is 9.18 Å². The molecular weight excluding hydrogens is 274 g/mol. The van der Waals surface area contributed by atoms with Gasteiger partial charge in [0.05, 0.1) is 22.6 Å². The molecule has 1 aromatic rings. The average molecular weight is 280 g/mol. The Balaban J connectivity index is 2.93. The molecule has 1 aromatic carbocycles. The summed E-state index contributed by atoms with van der Waals surface area (Å²) < 4.78 is 17.0. The summed E-state index contributed by atoms with van der Waals surface area (Å²) in [5, 5.41) is 0. The number of carbonyl (C=O) groups excluding carboxylic acids is 1. The first-order chi connectivity index (χ1) is 5.59. The van der Waals surface area contributed by atoms with Crippen LogP contribution in [-0.2, 0) is 0 Å². The van der Waals surface area contributed by atoms with E-state index in [-0.39, 0.29) is 5.75 Å². The molecular formula is C8H6FIO2. The first-order valence-electron chi connectivity index (χ1n) is 3.23. The Labute approximate surface area is 82.9 Å². The highest BCUT2D eigenvalue weighted by atomic mass is 127. The fourth-order valence-corrected chi connectivity index (χ4v) is 1.01. The van der Waals surface area contributed by atoms with Crippen LogP contribution in [0.1, 0.15) is 5.56 Å². The van der Waals surface area contributed by atoms with Crippen LogP contribution in [0.25, 0.3) is 0 Å². The summed E-state index contributed by atoms with van der Waals surface area (Å²) in [6.45, 7) is 1.76. The van der Waals surface area contributed by atoms with Crippen LogP contribution in [0.2, 0.25) is 0 Å². The van der Waals surface area contributed by atoms with Crippen molar-refractivity contribution in [3.05, 3.63) is 29.6 Å². The summed E-state index contributed by atoms with van der Waals surface area (Å²) in [4.78, 5) is 10.4. The van der Waals surface area contributed by atoms with Crippen LogP contribution >= 0.6 is 22.6 Å². The van der Waals surface area contributed by atoms with Gasteiger partial charge in [-0.15, -0.1) is 0 Å². The lowest BCUT2D eigenvalue weighted by molar-refractivity contribution is 0.228. The first kappa shape index (κ1) is 9.44. The first-order valence-corrected chi connectivity index (χ1v) is 4.31. The second-order valence-corrected chi connectivity index (χ2v) is 3.15. The minimum Gasteiger partial charge on any atom is -0.416 e. The molecule has 0 saturated heterocycles. The Morgan fingerprint density at radius 2 is 2.25 bits per heavy atom. The highest BCUT2D eigenvalue weighted by molar-refractivity contribution is 14.1. The molecule has 0 aliphatic carbocycles. The van der Waals surface area contributed by atoms with E-state index in [0.29, 0.717) is 0 Å². The van der Waals surface area contributed by atoms with Gasteiger partial charge >= 0.3 is 3.98 Å². The van der Waals surface area contributed by atoms with Crippen molar-refractivity contribution in [2.45, 2.75) is 6.92 Å². The molecule has 0 atom stereocenters. The van der Waals surface area contributed by atoms with Crippen molar-refractivity contribution in [2.75, 3.05) is 0 Å². The van der Waals surface area contributed by atoms with Crippen LogP contribution in [0.4, 0.5) is 9.18 Å². The van der Waals surface area contributed by atoms with Gasteiger partial charge in [0.2, 0.25) is 0 Å². The topological polar surface area (TPSA) is 26.3 Å². The quantitative estimate of drug-likeness (QED) is 0.583. The predicted octanol–water partition coefficient (Wildman–Crippen LogP) is 3.07. The molecule has 4 heteroatoms. The van der Waals surface area contributed by atoms with Gasteiger partial charge in [-0.2, -0.15) is 0 Å². The van der Waals surface area contributed by atoms with E-state index in [1.54, 1.807) is 13.0 Å². The molecule has 2 nitrogen and oxygen atoms in total. The maximum absolute atomic E-state index is 12.9. The number of carbonyl (C=O) groups is 1. The third-order valence-corrected chi connectivity index (χ3v) is 1.50. The molecule has 0 N–H and O–H groups in total. The fourth-order valence-electron chi connectivity index (χ4n) is 0.775. The number of halogens is 2.